The summed E-state index contributed by atoms with van der Waals surface area (Å²) >= 11 is 0. The number of benzene rings is 1. The average molecular weight is 230 g/mol. The monoisotopic (exact) mass is 230 g/mol. The van der Waals surface area contributed by atoms with Gasteiger partial charge in [0.15, 0.2) is 0 Å². The molecule has 2 rings (SSSR count). The first-order valence-corrected chi connectivity index (χ1v) is 5.33. The SMILES string of the molecule is Cc1ccc(C(=O)NCc2ccco2)cc1N. The third-order valence-corrected chi connectivity index (χ3v) is 2.54. The van der Waals surface area contributed by atoms with E-state index < -0.39 is 0 Å². The van der Waals surface area contributed by atoms with Crippen LogP contribution in [0, 0.1) is 6.92 Å². The first-order valence-electron chi connectivity index (χ1n) is 5.33. The van der Waals surface area contributed by atoms with E-state index in [-0.39, 0.29) is 5.91 Å². The van der Waals surface area contributed by atoms with Crippen LogP contribution in [0.15, 0.2) is 41.0 Å². The number of anilines is 1. The molecule has 0 bridgehead atoms. The number of furan rings is 1. The van der Waals surface area contributed by atoms with Crippen molar-refractivity contribution < 1.29 is 9.21 Å². The molecule has 17 heavy (non-hydrogen) atoms. The lowest BCUT2D eigenvalue weighted by molar-refractivity contribution is 0.0948. The molecule has 1 aromatic carbocycles. The van der Waals surface area contributed by atoms with Gasteiger partial charge in [-0.25, -0.2) is 0 Å². The highest BCUT2D eigenvalue weighted by molar-refractivity contribution is 5.95. The molecular formula is C13H14N2O2. The maximum absolute atomic E-state index is 11.8. The lowest BCUT2D eigenvalue weighted by atomic mass is 10.1. The maximum Gasteiger partial charge on any atom is 0.251 e. The third kappa shape index (κ3) is 2.66. The highest BCUT2D eigenvalue weighted by Gasteiger charge is 2.07. The molecule has 0 fully saturated rings. The highest BCUT2D eigenvalue weighted by Crippen LogP contribution is 2.12. The summed E-state index contributed by atoms with van der Waals surface area (Å²) in [5.74, 6) is 0.562. The number of carbonyl (C=O) groups is 1. The summed E-state index contributed by atoms with van der Waals surface area (Å²) in [7, 11) is 0. The van der Waals surface area contributed by atoms with Crippen LogP contribution in [0.2, 0.25) is 0 Å². The summed E-state index contributed by atoms with van der Waals surface area (Å²) in [5.41, 5.74) is 7.89. The van der Waals surface area contributed by atoms with E-state index >= 15 is 0 Å². The highest BCUT2D eigenvalue weighted by atomic mass is 16.3. The van der Waals surface area contributed by atoms with E-state index in [4.69, 9.17) is 10.2 Å². The molecule has 4 nitrogen and oxygen atoms in total. The molecule has 0 saturated heterocycles. The van der Waals surface area contributed by atoms with Gasteiger partial charge in [0.05, 0.1) is 12.8 Å². The summed E-state index contributed by atoms with van der Waals surface area (Å²) in [6.45, 7) is 2.28. The summed E-state index contributed by atoms with van der Waals surface area (Å²) < 4.78 is 5.12. The number of hydrogen-bond donors (Lipinski definition) is 2. The Hall–Kier alpha value is -2.23. The molecule has 1 heterocycles. The quantitative estimate of drug-likeness (QED) is 0.793. The van der Waals surface area contributed by atoms with Gasteiger partial charge >= 0.3 is 0 Å². The van der Waals surface area contributed by atoms with Gasteiger partial charge < -0.3 is 15.5 Å². The summed E-state index contributed by atoms with van der Waals surface area (Å²) in [6.07, 6.45) is 1.57. The van der Waals surface area contributed by atoms with Crippen LogP contribution in [-0.2, 0) is 6.54 Å². The summed E-state index contributed by atoms with van der Waals surface area (Å²) in [6, 6.07) is 8.85. The van der Waals surface area contributed by atoms with Crippen LogP contribution in [0.25, 0.3) is 0 Å². The number of nitrogens with one attached hydrogen (secondary N) is 1. The molecule has 0 spiro atoms. The van der Waals surface area contributed by atoms with Crippen LogP contribution in [-0.4, -0.2) is 5.91 Å². The van der Waals surface area contributed by atoms with E-state index in [1.807, 2.05) is 19.1 Å². The number of nitrogen functional groups attached to an aromatic ring is 1. The molecule has 0 atom stereocenters. The van der Waals surface area contributed by atoms with Crippen LogP contribution in [0.3, 0.4) is 0 Å². The Morgan fingerprint density at radius 3 is 2.88 bits per heavy atom. The molecule has 0 saturated carbocycles. The van der Waals surface area contributed by atoms with Gasteiger partial charge in [-0.1, -0.05) is 6.07 Å². The second-order valence-corrected chi connectivity index (χ2v) is 3.83. The Labute approximate surface area is 99.4 Å². The van der Waals surface area contributed by atoms with Crippen LogP contribution in [0.5, 0.6) is 0 Å². The molecule has 0 radical (unpaired) electrons. The van der Waals surface area contributed by atoms with Crippen LogP contribution in [0.1, 0.15) is 21.7 Å². The summed E-state index contributed by atoms with van der Waals surface area (Å²) in [5, 5.41) is 2.76. The zero-order valence-corrected chi connectivity index (χ0v) is 9.57. The van der Waals surface area contributed by atoms with Crippen LogP contribution >= 0.6 is 0 Å². The number of rotatable bonds is 3. The van der Waals surface area contributed by atoms with Crippen molar-refractivity contribution in [1.29, 1.82) is 0 Å². The molecule has 1 aromatic heterocycles. The van der Waals surface area contributed by atoms with E-state index in [0.717, 1.165) is 11.3 Å². The minimum Gasteiger partial charge on any atom is -0.467 e. The number of aryl methyl sites for hydroxylation is 1. The third-order valence-electron chi connectivity index (χ3n) is 2.54. The molecule has 4 heteroatoms. The van der Waals surface area contributed by atoms with Gasteiger partial charge in [0, 0.05) is 11.3 Å². The van der Waals surface area contributed by atoms with Gasteiger partial charge in [-0.2, -0.15) is 0 Å². The van der Waals surface area contributed by atoms with Gasteiger partial charge in [0.1, 0.15) is 5.76 Å². The van der Waals surface area contributed by atoms with Gasteiger partial charge in [-0.3, -0.25) is 4.79 Å². The van der Waals surface area contributed by atoms with Gasteiger partial charge in [0.25, 0.3) is 5.91 Å². The van der Waals surface area contributed by atoms with Crippen LogP contribution in [0.4, 0.5) is 5.69 Å². The summed E-state index contributed by atoms with van der Waals surface area (Å²) in [4.78, 5) is 11.8. The van der Waals surface area contributed by atoms with E-state index in [0.29, 0.717) is 17.8 Å². The van der Waals surface area contributed by atoms with Crippen molar-refractivity contribution in [2.75, 3.05) is 5.73 Å². The van der Waals surface area contributed by atoms with E-state index in [1.54, 1.807) is 24.5 Å². The Bertz CT molecular complexity index is 518. The molecule has 2 aromatic rings. The number of nitrogens with two attached hydrogens (primary N) is 1. The maximum atomic E-state index is 11.8. The topological polar surface area (TPSA) is 68.3 Å². The molecule has 0 aliphatic rings. The smallest absolute Gasteiger partial charge is 0.251 e. The number of amides is 1. The van der Waals surface area contributed by atoms with E-state index in [2.05, 4.69) is 5.32 Å². The van der Waals surface area contributed by atoms with Crippen molar-refractivity contribution in [2.24, 2.45) is 0 Å². The van der Waals surface area contributed by atoms with Gasteiger partial charge in [-0.05, 0) is 36.8 Å². The number of hydrogen-bond acceptors (Lipinski definition) is 3. The second kappa shape index (κ2) is 4.74. The predicted octanol–water partition coefficient (Wildman–Crippen LogP) is 2.10. The Balaban J connectivity index is 2.02. The lowest BCUT2D eigenvalue weighted by Crippen LogP contribution is -2.22. The van der Waals surface area contributed by atoms with E-state index in [9.17, 15) is 4.79 Å². The average Bonchev–Trinajstić information content (AvgIpc) is 2.82. The fourth-order valence-corrected chi connectivity index (χ4v) is 1.46. The minimum absolute atomic E-state index is 0.159. The lowest BCUT2D eigenvalue weighted by Gasteiger charge is -2.05. The molecule has 0 unspecified atom stereocenters. The standard InChI is InChI=1S/C13H14N2O2/c1-9-4-5-10(7-12(9)14)13(16)15-8-11-3-2-6-17-11/h2-7H,8,14H2,1H3,(H,15,16). The fraction of sp³-hybridized carbons (Fsp3) is 0.154. The van der Waals surface area contributed by atoms with Crippen molar-refractivity contribution in [3.8, 4) is 0 Å². The molecule has 0 aliphatic heterocycles. The van der Waals surface area contributed by atoms with Gasteiger partial charge in [0.2, 0.25) is 0 Å². The van der Waals surface area contributed by atoms with Crippen molar-refractivity contribution in [1.82, 2.24) is 5.32 Å². The normalized spacial score (nSPS) is 10.2. The van der Waals surface area contributed by atoms with Crippen molar-refractivity contribution in [3.05, 3.63) is 53.5 Å². The zero-order chi connectivity index (χ0) is 12.3. The minimum atomic E-state index is -0.159. The first kappa shape index (κ1) is 11.3. The van der Waals surface area contributed by atoms with Gasteiger partial charge in [-0.15, -0.1) is 0 Å². The number of carbonyl (C=O) groups excluding carboxylic acids is 1. The van der Waals surface area contributed by atoms with Crippen molar-refractivity contribution in [2.45, 2.75) is 13.5 Å². The molecule has 88 valence electrons. The predicted molar refractivity (Wildman–Crippen MR) is 65.5 cm³/mol. The molecule has 3 N–H and O–H groups in total. The first-order chi connectivity index (χ1) is 8.16. The molecular weight excluding hydrogens is 216 g/mol. The van der Waals surface area contributed by atoms with E-state index in [1.165, 1.54) is 0 Å². The fourth-order valence-electron chi connectivity index (χ4n) is 1.46. The Kier molecular flexibility index (Phi) is 3.14. The molecule has 0 aliphatic carbocycles. The second-order valence-electron chi connectivity index (χ2n) is 3.83. The Morgan fingerprint density at radius 2 is 2.24 bits per heavy atom. The largest absolute Gasteiger partial charge is 0.467 e. The van der Waals surface area contributed by atoms with Crippen molar-refractivity contribution in [3.63, 3.8) is 0 Å². The van der Waals surface area contributed by atoms with Crippen molar-refractivity contribution >= 4 is 11.6 Å². The Morgan fingerprint density at radius 1 is 1.41 bits per heavy atom. The molecule has 1 amide bonds. The van der Waals surface area contributed by atoms with Crippen LogP contribution < -0.4 is 11.1 Å². The zero-order valence-electron chi connectivity index (χ0n) is 9.57.